The van der Waals surface area contributed by atoms with E-state index in [1.807, 2.05) is 0 Å². The minimum Gasteiger partial charge on any atom is -0.457 e. The number of hydrogen-bond donors (Lipinski definition) is 6. The van der Waals surface area contributed by atoms with Crippen molar-refractivity contribution in [3.8, 4) is 34.5 Å². The van der Waals surface area contributed by atoms with E-state index in [0.29, 0.717) is 0 Å². The number of benzene rings is 4. The first-order chi connectivity index (χ1) is 21.9. The Morgan fingerprint density at radius 3 is 0.667 bits per heavy atom. The van der Waals surface area contributed by atoms with E-state index >= 15 is 0 Å². The maximum absolute atomic E-state index is 13.2. The van der Waals surface area contributed by atoms with E-state index in [2.05, 4.69) is 0 Å². The van der Waals surface area contributed by atoms with E-state index in [0.717, 1.165) is 72.8 Å². The highest BCUT2D eigenvalue weighted by Gasteiger charge is 2.52. The Labute approximate surface area is 266 Å². The third kappa shape index (κ3) is 7.59. The van der Waals surface area contributed by atoms with Crippen LogP contribution < -0.4 is 48.6 Å². The smallest absolute Gasteiger partial charge is 0.423 e. The molecule has 0 aliphatic carbocycles. The van der Waals surface area contributed by atoms with Gasteiger partial charge in [0, 0.05) is 18.2 Å². The van der Waals surface area contributed by atoms with Crippen LogP contribution in [0.1, 0.15) is 16.7 Å². The molecule has 0 amide bonds. The van der Waals surface area contributed by atoms with E-state index < -0.39 is 52.2 Å². The molecule has 12 N–H and O–H groups in total. The average Bonchev–Trinajstić information content (AvgIpc) is 2.96. The predicted molar refractivity (Wildman–Crippen MR) is 154 cm³/mol. The lowest BCUT2D eigenvalue weighted by molar-refractivity contribution is -0.188. The molecule has 0 aliphatic heterocycles. The van der Waals surface area contributed by atoms with Crippen molar-refractivity contribution in [3.05, 3.63) is 108 Å². The van der Waals surface area contributed by atoms with Gasteiger partial charge in [-0.3, -0.25) is 0 Å². The number of halogens is 9. The molecule has 0 heterocycles. The van der Waals surface area contributed by atoms with Crippen molar-refractivity contribution < 1.29 is 53.7 Å². The predicted octanol–water partition coefficient (Wildman–Crippen LogP) is 5.96. The van der Waals surface area contributed by atoms with Gasteiger partial charge in [-0.15, -0.1) is 0 Å². The van der Waals surface area contributed by atoms with Crippen LogP contribution in [0, 0.1) is 0 Å². The molecular weight excluding hydrogens is 663 g/mol. The van der Waals surface area contributed by atoms with Crippen LogP contribution >= 0.6 is 0 Å². The Morgan fingerprint density at radius 1 is 0.312 bits per heavy atom. The molecule has 48 heavy (non-hydrogen) atoms. The van der Waals surface area contributed by atoms with Crippen molar-refractivity contribution in [2.45, 2.75) is 35.5 Å². The van der Waals surface area contributed by atoms with Crippen LogP contribution in [0.15, 0.2) is 91.0 Å². The quantitative estimate of drug-likeness (QED) is 0.0911. The summed E-state index contributed by atoms with van der Waals surface area (Å²) in [6.45, 7) is 0. The number of hydrogen-bond acceptors (Lipinski definition) is 9. The highest BCUT2D eigenvalue weighted by Crippen LogP contribution is 2.39. The topological polar surface area (TPSA) is 184 Å². The molecule has 4 aromatic carbocycles. The second-order valence-corrected chi connectivity index (χ2v) is 10.6. The monoisotopic (exact) mass is 690 g/mol. The molecule has 9 nitrogen and oxygen atoms in total. The van der Waals surface area contributed by atoms with Gasteiger partial charge in [-0.2, -0.15) is 39.5 Å². The minimum absolute atomic E-state index is 0.0114. The number of ether oxygens (including phenoxy) is 3. The first-order valence-electron chi connectivity index (χ1n) is 13.4. The highest BCUT2D eigenvalue weighted by molar-refractivity contribution is 5.48. The number of alkyl halides is 9. The van der Waals surface area contributed by atoms with Gasteiger partial charge in [0.1, 0.15) is 34.5 Å². The lowest BCUT2D eigenvalue weighted by Crippen LogP contribution is -2.57. The Balaban J connectivity index is 1.65. The second kappa shape index (κ2) is 12.5. The van der Waals surface area contributed by atoms with Gasteiger partial charge in [0.2, 0.25) is 0 Å². The van der Waals surface area contributed by atoms with Gasteiger partial charge in [0.25, 0.3) is 0 Å². The normalized spacial score (nSPS) is 13.3. The van der Waals surface area contributed by atoms with Gasteiger partial charge in [-0.05, 0) is 53.1 Å². The van der Waals surface area contributed by atoms with Crippen molar-refractivity contribution in [1.29, 1.82) is 0 Å². The fourth-order valence-electron chi connectivity index (χ4n) is 4.02. The van der Waals surface area contributed by atoms with Gasteiger partial charge in [0.05, 0.1) is 0 Å². The zero-order valence-corrected chi connectivity index (χ0v) is 24.3. The molecule has 0 aromatic heterocycles. The molecule has 0 atom stereocenters. The van der Waals surface area contributed by atoms with Gasteiger partial charge in [0.15, 0.2) is 17.0 Å². The van der Waals surface area contributed by atoms with Gasteiger partial charge < -0.3 is 48.6 Å². The van der Waals surface area contributed by atoms with Crippen molar-refractivity contribution in [2.75, 3.05) is 0 Å². The van der Waals surface area contributed by atoms with E-state index in [-0.39, 0.29) is 34.5 Å². The van der Waals surface area contributed by atoms with Crippen LogP contribution in [0.25, 0.3) is 0 Å². The SMILES string of the molecule is NC(N)(c1ccc(Oc2cc(Oc3ccc(C(N)(N)C(F)(F)F)cc3)cc(Oc3ccc(C(N)(N)C(F)(F)F)cc3)c2)cc1)C(F)(F)F. The zero-order chi connectivity index (χ0) is 35.9. The Bertz CT molecular complexity index is 1510. The van der Waals surface area contributed by atoms with E-state index in [9.17, 15) is 39.5 Å². The number of rotatable bonds is 9. The lowest BCUT2D eigenvalue weighted by atomic mass is 10.0. The molecule has 0 saturated heterocycles. The Morgan fingerprint density at radius 2 is 0.500 bits per heavy atom. The summed E-state index contributed by atoms with van der Waals surface area (Å²) in [5.74, 6) is -0.0323. The van der Waals surface area contributed by atoms with Crippen LogP contribution in [0.5, 0.6) is 34.5 Å². The molecule has 0 unspecified atom stereocenters. The maximum atomic E-state index is 13.2. The molecule has 0 fully saturated rings. The standard InChI is InChI=1S/C30H27F9N6O3/c31-28(32,33)25(40,41)16-1-7-19(8-2-16)46-22-13-23(47-20-9-3-17(4-10-20)26(42,43)29(34,35)36)15-24(14-22)48-21-11-5-18(6-12-21)27(44,45)30(37,38)39/h1-15H,40-45H2. The van der Waals surface area contributed by atoms with E-state index in [1.54, 1.807) is 0 Å². The summed E-state index contributed by atoms with van der Waals surface area (Å²) in [6, 6.07) is 16.8. The van der Waals surface area contributed by atoms with Crippen LogP contribution in [0.3, 0.4) is 0 Å². The third-order valence-corrected chi connectivity index (χ3v) is 6.96. The molecule has 4 rings (SSSR count). The first-order valence-corrected chi connectivity index (χ1v) is 13.4. The molecular formula is C30H27F9N6O3. The molecule has 0 aliphatic rings. The molecule has 0 radical (unpaired) electrons. The molecule has 4 aromatic rings. The molecule has 258 valence electrons. The first kappa shape index (κ1) is 36.2. The minimum atomic E-state index is -4.96. The molecule has 0 spiro atoms. The van der Waals surface area contributed by atoms with Crippen LogP contribution in [-0.2, 0) is 17.0 Å². The van der Waals surface area contributed by atoms with Crippen LogP contribution in [0.2, 0.25) is 0 Å². The van der Waals surface area contributed by atoms with Crippen LogP contribution in [0.4, 0.5) is 39.5 Å². The summed E-state index contributed by atoms with van der Waals surface area (Å²) in [5.41, 5.74) is 20.7. The number of nitrogens with two attached hydrogens (primary N) is 6. The van der Waals surface area contributed by atoms with Gasteiger partial charge in [-0.1, -0.05) is 36.4 Å². The fourth-order valence-corrected chi connectivity index (χ4v) is 4.02. The van der Waals surface area contributed by atoms with E-state index in [1.165, 1.54) is 18.2 Å². The summed E-state index contributed by atoms with van der Waals surface area (Å²) in [6.07, 6.45) is -14.9. The lowest BCUT2D eigenvalue weighted by Gasteiger charge is -2.27. The summed E-state index contributed by atoms with van der Waals surface area (Å²) >= 11 is 0. The summed E-state index contributed by atoms with van der Waals surface area (Å²) in [7, 11) is 0. The summed E-state index contributed by atoms with van der Waals surface area (Å²) in [4.78, 5) is 0. The van der Waals surface area contributed by atoms with Gasteiger partial charge >= 0.3 is 18.5 Å². The summed E-state index contributed by atoms with van der Waals surface area (Å²) < 4.78 is 136. The van der Waals surface area contributed by atoms with Crippen molar-refractivity contribution in [1.82, 2.24) is 0 Å². The van der Waals surface area contributed by atoms with E-state index in [4.69, 9.17) is 48.6 Å². The Hall–Kier alpha value is -4.59. The van der Waals surface area contributed by atoms with Gasteiger partial charge in [-0.25, -0.2) is 0 Å². The average molecular weight is 691 g/mol. The van der Waals surface area contributed by atoms with Crippen LogP contribution in [-0.4, -0.2) is 18.5 Å². The molecule has 18 heteroatoms. The zero-order valence-electron chi connectivity index (χ0n) is 24.3. The van der Waals surface area contributed by atoms with Crippen molar-refractivity contribution in [3.63, 3.8) is 0 Å². The second-order valence-electron chi connectivity index (χ2n) is 10.6. The van der Waals surface area contributed by atoms with Crippen molar-refractivity contribution >= 4 is 0 Å². The fraction of sp³-hybridized carbons (Fsp3) is 0.200. The summed E-state index contributed by atoms with van der Waals surface area (Å²) in [5, 5.41) is 0. The third-order valence-electron chi connectivity index (χ3n) is 6.96. The van der Waals surface area contributed by atoms with Crippen molar-refractivity contribution in [2.24, 2.45) is 34.4 Å². The maximum Gasteiger partial charge on any atom is 0.423 e. The largest absolute Gasteiger partial charge is 0.457 e. The Kier molecular flexibility index (Phi) is 9.41. The molecule has 0 saturated carbocycles. The highest BCUT2D eigenvalue weighted by atomic mass is 19.4. The molecule has 0 bridgehead atoms.